The fourth-order valence-corrected chi connectivity index (χ4v) is 2.22. The topological polar surface area (TPSA) is 56.0 Å². The van der Waals surface area contributed by atoms with Gasteiger partial charge in [0.1, 0.15) is 5.69 Å². The molecule has 1 heterocycles. The summed E-state index contributed by atoms with van der Waals surface area (Å²) in [5.74, 6) is 0.652. The second-order valence-corrected chi connectivity index (χ2v) is 4.22. The lowest BCUT2D eigenvalue weighted by molar-refractivity contribution is 0.0958. The molecule has 1 aliphatic carbocycles. The lowest BCUT2D eigenvalue weighted by Gasteiger charge is -2.08. The van der Waals surface area contributed by atoms with Crippen LogP contribution in [0.1, 0.15) is 42.6 Å². The molecule has 1 fully saturated rings. The number of hydrogen-bond acceptors (Lipinski definition) is 3. The average Bonchev–Trinajstić information content (AvgIpc) is 2.71. The highest BCUT2D eigenvalue weighted by Gasteiger charge is 2.20. The molecule has 0 amide bonds. The molecule has 0 radical (unpaired) electrons. The molecule has 0 aliphatic heterocycles. The number of anilines is 1. The summed E-state index contributed by atoms with van der Waals surface area (Å²) in [7, 11) is 0. The van der Waals surface area contributed by atoms with Gasteiger partial charge in [-0.25, -0.2) is 0 Å². The monoisotopic (exact) mass is 204 g/mol. The number of carbonyl (C=O) groups excluding carboxylic acids is 1. The van der Waals surface area contributed by atoms with Crippen molar-refractivity contribution in [2.24, 2.45) is 5.92 Å². The summed E-state index contributed by atoms with van der Waals surface area (Å²) in [6.45, 7) is 0. The quantitative estimate of drug-likeness (QED) is 0.769. The third kappa shape index (κ3) is 2.35. The van der Waals surface area contributed by atoms with Crippen LogP contribution in [0.25, 0.3) is 0 Å². The van der Waals surface area contributed by atoms with Crippen LogP contribution in [0.2, 0.25) is 0 Å². The molecule has 0 bridgehead atoms. The molecule has 15 heavy (non-hydrogen) atoms. The molecule has 0 spiro atoms. The van der Waals surface area contributed by atoms with Gasteiger partial charge in [0.2, 0.25) is 0 Å². The molecule has 1 aromatic heterocycles. The van der Waals surface area contributed by atoms with Gasteiger partial charge in [-0.3, -0.25) is 9.78 Å². The minimum absolute atomic E-state index is 0.0972. The number of rotatable bonds is 3. The normalized spacial score (nSPS) is 16.8. The second-order valence-electron chi connectivity index (χ2n) is 4.22. The Morgan fingerprint density at radius 2 is 2.20 bits per heavy atom. The highest BCUT2D eigenvalue weighted by molar-refractivity contribution is 5.98. The number of carbonyl (C=O) groups is 1. The number of nitrogens with zero attached hydrogens (tertiary/aromatic N) is 1. The number of aromatic nitrogens is 1. The summed E-state index contributed by atoms with van der Waals surface area (Å²) in [6, 6.07) is 3.48. The largest absolute Gasteiger partial charge is 0.397 e. The van der Waals surface area contributed by atoms with Crippen LogP contribution in [0.4, 0.5) is 5.69 Å². The summed E-state index contributed by atoms with van der Waals surface area (Å²) in [5, 5.41) is 0. The Balaban J connectivity index is 2.04. The molecule has 0 saturated heterocycles. The van der Waals surface area contributed by atoms with Crippen LogP contribution < -0.4 is 5.73 Å². The predicted molar refractivity (Wildman–Crippen MR) is 59.6 cm³/mol. The van der Waals surface area contributed by atoms with Gasteiger partial charge in [-0.15, -0.1) is 0 Å². The Morgan fingerprint density at radius 3 is 2.87 bits per heavy atom. The van der Waals surface area contributed by atoms with E-state index in [0.29, 0.717) is 23.7 Å². The number of hydrogen-bond donors (Lipinski definition) is 1. The first-order chi connectivity index (χ1) is 7.27. The minimum atomic E-state index is 0.0972. The van der Waals surface area contributed by atoms with Crippen molar-refractivity contribution in [2.45, 2.75) is 32.1 Å². The third-order valence-corrected chi connectivity index (χ3v) is 3.05. The minimum Gasteiger partial charge on any atom is -0.397 e. The molecular weight excluding hydrogens is 188 g/mol. The van der Waals surface area contributed by atoms with Crippen molar-refractivity contribution in [1.82, 2.24) is 4.98 Å². The molecule has 3 nitrogen and oxygen atoms in total. The first-order valence-corrected chi connectivity index (χ1v) is 5.51. The molecule has 0 aromatic carbocycles. The van der Waals surface area contributed by atoms with E-state index in [1.807, 2.05) is 0 Å². The Labute approximate surface area is 89.7 Å². The molecule has 1 aromatic rings. The molecule has 0 unspecified atom stereocenters. The average molecular weight is 204 g/mol. The summed E-state index contributed by atoms with van der Waals surface area (Å²) >= 11 is 0. The number of nitrogens with two attached hydrogens (primary N) is 1. The first kappa shape index (κ1) is 10.1. The molecule has 3 heteroatoms. The SMILES string of the molecule is Nc1cccnc1C(=O)CC1CCCC1. The zero-order valence-corrected chi connectivity index (χ0v) is 8.78. The van der Waals surface area contributed by atoms with E-state index in [1.54, 1.807) is 18.3 Å². The fraction of sp³-hybridized carbons (Fsp3) is 0.500. The van der Waals surface area contributed by atoms with Gasteiger partial charge < -0.3 is 5.73 Å². The van der Waals surface area contributed by atoms with Gasteiger partial charge in [0.15, 0.2) is 5.78 Å². The molecule has 2 rings (SSSR count). The number of nitrogen functional groups attached to an aromatic ring is 1. The van der Waals surface area contributed by atoms with Crippen LogP contribution in [-0.4, -0.2) is 10.8 Å². The number of Topliss-reactive ketones (excluding diaryl/α,β-unsaturated/α-hetero) is 1. The number of pyridine rings is 1. The zero-order valence-electron chi connectivity index (χ0n) is 8.78. The zero-order chi connectivity index (χ0) is 10.7. The van der Waals surface area contributed by atoms with Crippen LogP contribution in [0, 0.1) is 5.92 Å². The maximum absolute atomic E-state index is 11.9. The van der Waals surface area contributed by atoms with Gasteiger partial charge in [-0.1, -0.05) is 25.7 Å². The Bertz CT molecular complexity index is 356. The van der Waals surface area contributed by atoms with E-state index < -0.39 is 0 Å². The van der Waals surface area contributed by atoms with Crippen LogP contribution in [0.3, 0.4) is 0 Å². The molecule has 1 saturated carbocycles. The van der Waals surface area contributed by atoms with Crippen LogP contribution in [-0.2, 0) is 0 Å². The summed E-state index contributed by atoms with van der Waals surface area (Å²) in [6.07, 6.45) is 7.11. The van der Waals surface area contributed by atoms with Gasteiger partial charge in [0, 0.05) is 12.6 Å². The van der Waals surface area contributed by atoms with E-state index in [1.165, 1.54) is 25.7 Å². The van der Waals surface area contributed by atoms with E-state index >= 15 is 0 Å². The van der Waals surface area contributed by atoms with E-state index in [9.17, 15) is 4.79 Å². The molecule has 80 valence electrons. The van der Waals surface area contributed by atoms with Crippen LogP contribution >= 0.6 is 0 Å². The Kier molecular flexibility index (Phi) is 2.99. The Hall–Kier alpha value is -1.38. The van der Waals surface area contributed by atoms with Gasteiger partial charge >= 0.3 is 0 Å². The summed E-state index contributed by atoms with van der Waals surface area (Å²) < 4.78 is 0. The van der Waals surface area contributed by atoms with Gasteiger partial charge in [0.05, 0.1) is 5.69 Å². The highest BCUT2D eigenvalue weighted by atomic mass is 16.1. The van der Waals surface area contributed by atoms with Crippen molar-refractivity contribution in [3.05, 3.63) is 24.0 Å². The standard InChI is InChI=1S/C12H16N2O/c13-10-6-3-7-14-12(10)11(15)8-9-4-1-2-5-9/h3,6-7,9H,1-2,4-5,8,13H2. The second kappa shape index (κ2) is 4.43. The number of ketones is 1. The van der Waals surface area contributed by atoms with E-state index in [0.717, 1.165) is 0 Å². The maximum atomic E-state index is 11.9. The van der Waals surface area contributed by atoms with Crippen molar-refractivity contribution in [3.8, 4) is 0 Å². The van der Waals surface area contributed by atoms with Crippen molar-refractivity contribution >= 4 is 11.5 Å². The molecule has 2 N–H and O–H groups in total. The van der Waals surface area contributed by atoms with Gasteiger partial charge in [-0.2, -0.15) is 0 Å². The van der Waals surface area contributed by atoms with Crippen molar-refractivity contribution in [2.75, 3.05) is 5.73 Å². The van der Waals surface area contributed by atoms with Crippen molar-refractivity contribution in [1.29, 1.82) is 0 Å². The van der Waals surface area contributed by atoms with Crippen molar-refractivity contribution in [3.63, 3.8) is 0 Å². The fourth-order valence-electron chi connectivity index (χ4n) is 2.22. The summed E-state index contributed by atoms with van der Waals surface area (Å²) in [4.78, 5) is 15.9. The van der Waals surface area contributed by atoms with Crippen LogP contribution in [0.5, 0.6) is 0 Å². The lowest BCUT2D eigenvalue weighted by Crippen LogP contribution is -2.10. The Morgan fingerprint density at radius 1 is 1.47 bits per heavy atom. The third-order valence-electron chi connectivity index (χ3n) is 3.05. The predicted octanol–water partition coefficient (Wildman–Crippen LogP) is 2.43. The molecule has 1 aliphatic rings. The lowest BCUT2D eigenvalue weighted by atomic mass is 9.99. The maximum Gasteiger partial charge on any atom is 0.183 e. The van der Waals surface area contributed by atoms with E-state index in [4.69, 9.17) is 5.73 Å². The van der Waals surface area contributed by atoms with Crippen molar-refractivity contribution < 1.29 is 4.79 Å². The van der Waals surface area contributed by atoms with Gasteiger partial charge in [-0.05, 0) is 18.1 Å². The van der Waals surface area contributed by atoms with Crippen LogP contribution in [0.15, 0.2) is 18.3 Å². The summed E-state index contributed by atoms with van der Waals surface area (Å²) in [5.41, 5.74) is 6.66. The smallest absolute Gasteiger partial charge is 0.183 e. The van der Waals surface area contributed by atoms with E-state index in [-0.39, 0.29) is 5.78 Å². The van der Waals surface area contributed by atoms with E-state index in [2.05, 4.69) is 4.98 Å². The molecule has 0 atom stereocenters. The molecular formula is C12H16N2O. The first-order valence-electron chi connectivity index (χ1n) is 5.51. The van der Waals surface area contributed by atoms with Gasteiger partial charge in [0.25, 0.3) is 0 Å². The highest BCUT2D eigenvalue weighted by Crippen LogP contribution is 2.28.